The molecule has 0 radical (unpaired) electrons. The fraction of sp³-hybridized carbons (Fsp3) is 0.769. The Labute approximate surface area is 113 Å². The maximum Gasteiger partial charge on any atom is 0.342 e. The van der Waals surface area contributed by atoms with Gasteiger partial charge in [-0.2, -0.15) is 0 Å². The van der Waals surface area contributed by atoms with E-state index in [1.165, 1.54) is 38.5 Å². The van der Waals surface area contributed by atoms with Crippen LogP contribution in [-0.4, -0.2) is 21.7 Å². The molecule has 1 aromatic heterocycles. The molecule has 0 aliphatic rings. The average molecular weight is 268 g/mol. The second kappa shape index (κ2) is 9.35. The third-order valence-electron chi connectivity index (χ3n) is 3.03. The molecule has 0 spiro atoms. The Morgan fingerprint density at radius 2 is 1.63 bits per heavy atom. The van der Waals surface area contributed by atoms with Gasteiger partial charge in [0.2, 0.25) is 5.82 Å². The molecule has 0 atom stereocenters. The molecule has 0 aromatic carbocycles. The van der Waals surface area contributed by atoms with Gasteiger partial charge in [-0.3, -0.25) is 9.78 Å². The van der Waals surface area contributed by atoms with Gasteiger partial charge in [0.15, 0.2) is 0 Å². The molecule has 0 saturated carbocycles. The summed E-state index contributed by atoms with van der Waals surface area (Å²) in [5.74, 6) is 0.183. The van der Waals surface area contributed by atoms with E-state index < -0.39 is 11.2 Å². The van der Waals surface area contributed by atoms with Crippen molar-refractivity contribution in [3.05, 3.63) is 20.8 Å². The highest BCUT2D eigenvalue weighted by Crippen LogP contribution is 2.08. The highest BCUT2D eigenvalue weighted by atomic mass is 16.2. The van der Waals surface area contributed by atoms with Crippen molar-refractivity contribution in [3.63, 3.8) is 0 Å². The molecular formula is C13H24N4O2. The van der Waals surface area contributed by atoms with Crippen LogP contribution in [0.15, 0.2) is 9.59 Å². The third kappa shape index (κ3) is 6.79. The van der Waals surface area contributed by atoms with Crippen LogP contribution in [0.5, 0.6) is 0 Å². The molecule has 6 heteroatoms. The van der Waals surface area contributed by atoms with Crippen LogP contribution in [-0.2, 0) is 0 Å². The topological polar surface area (TPSA) is 90.6 Å². The zero-order valence-corrected chi connectivity index (χ0v) is 11.6. The minimum Gasteiger partial charge on any atom is -0.364 e. The van der Waals surface area contributed by atoms with Gasteiger partial charge >= 0.3 is 5.69 Å². The van der Waals surface area contributed by atoms with E-state index in [0.717, 1.165) is 12.8 Å². The average Bonchev–Trinajstić information content (AvgIpc) is 2.39. The summed E-state index contributed by atoms with van der Waals surface area (Å²) < 4.78 is 0. The van der Waals surface area contributed by atoms with Crippen molar-refractivity contribution in [2.45, 2.75) is 58.3 Å². The van der Waals surface area contributed by atoms with E-state index in [9.17, 15) is 9.59 Å². The van der Waals surface area contributed by atoms with E-state index in [2.05, 4.69) is 27.4 Å². The largest absolute Gasteiger partial charge is 0.364 e. The lowest BCUT2D eigenvalue weighted by molar-refractivity contribution is 0.580. The number of anilines is 1. The van der Waals surface area contributed by atoms with E-state index in [1.54, 1.807) is 0 Å². The first-order chi connectivity index (χ1) is 9.24. The summed E-state index contributed by atoms with van der Waals surface area (Å²) in [5, 5.41) is 8.78. The number of aromatic nitrogens is 3. The van der Waals surface area contributed by atoms with E-state index >= 15 is 0 Å². The summed E-state index contributed by atoms with van der Waals surface area (Å²) in [7, 11) is 0. The second-order valence-corrected chi connectivity index (χ2v) is 4.76. The molecule has 19 heavy (non-hydrogen) atoms. The zero-order valence-electron chi connectivity index (χ0n) is 11.6. The van der Waals surface area contributed by atoms with Crippen LogP contribution in [0.25, 0.3) is 0 Å². The van der Waals surface area contributed by atoms with Gasteiger partial charge in [0, 0.05) is 6.54 Å². The van der Waals surface area contributed by atoms with Gasteiger partial charge in [-0.15, -0.1) is 5.10 Å². The molecule has 0 unspecified atom stereocenters. The zero-order chi connectivity index (χ0) is 13.9. The van der Waals surface area contributed by atoms with E-state index in [1.807, 2.05) is 0 Å². The minimum absolute atomic E-state index is 0.183. The molecule has 0 saturated heterocycles. The first kappa shape index (κ1) is 15.5. The molecule has 0 aliphatic heterocycles. The SMILES string of the molecule is CCCCCCCCCCNc1n[nH]c(=O)[nH]c1=O. The monoisotopic (exact) mass is 268 g/mol. The van der Waals surface area contributed by atoms with Gasteiger partial charge < -0.3 is 5.32 Å². The van der Waals surface area contributed by atoms with Gasteiger partial charge in [-0.1, -0.05) is 51.9 Å². The number of nitrogens with one attached hydrogen (secondary N) is 3. The van der Waals surface area contributed by atoms with Crippen molar-refractivity contribution >= 4 is 5.82 Å². The first-order valence-electron chi connectivity index (χ1n) is 7.17. The molecule has 1 aromatic rings. The lowest BCUT2D eigenvalue weighted by atomic mass is 10.1. The first-order valence-corrected chi connectivity index (χ1v) is 7.17. The van der Waals surface area contributed by atoms with Crippen LogP contribution in [0.2, 0.25) is 0 Å². The van der Waals surface area contributed by atoms with Crippen molar-refractivity contribution in [1.82, 2.24) is 15.2 Å². The molecule has 1 rings (SSSR count). The van der Waals surface area contributed by atoms with Crippen molar-refractivity contribution in [2.24, 2.45) is 0 Å². The lowest BCUT2D eigenvalue weighted by Gasteiger charge is -2.04. The van der Waals surface area contributed by atoms with Gasteiger partial charge in [0.1, 0.15) is 0 Å². The minimum atomic E-state index is -0.581. The number of aromatic amines is 2. The molecule has 1 heterocycles. The molecule has 3 N–H and O–H groups in total. The van der Waals surface area contributed by atoms with Crippen LogP contribution in [0.1, 0.15) is 58.3 Å². The van der Waals surface area contributed by atoms with Gasteiger partial charge in [-0.05, 0) is 6.42 Å². The summed E-state index contributed by atoms with van der Waals surface area (Å²) in [4.78, 5) is 24.2. The van der Waals surface area contributed by atoms with E-state index in [-0.39, 0.29) is 5.82 Å². The number of hydrogen-bond acceptors (Lipinski definition) is 4. The molecule has 108 valence electrons. The summed E-state index contributed by atoms with van der Waals surface area (Å²) in [5.41, 5.74) is -1.05. The van der Waals surface area contributed by atoms with Gasteiger partial charge in [-0.25, -0.2) is 9.89 Å². The summed E-state index contributed by atoms with van der Waals surface area (Å²) in [6.07, 6.45) is 9.97. The van der Waals surface area contributed by atoms with Crippen molar-refractivity contribution < 1.29 is 0 Å². The molecule has 6 nitrogen and oxygen atoms in total. The molecule has 0 aliphatic carbocycles. The Morgan fingerprint density at radius 1 is 1.00 bits per heavy atom. The predicted octanol–water partition coefficient (Wildman–Crippen LogP) is 2.01. The highest BCUT2D eigenvalue weighted by molar-refractivity contribution is 5.28. The third-order valence-corrected chi connectivity index (χ3v) is 3.03. The van der Waals surface area contributed by atoms with Crippen LogP contribution in [0.3, 0.4) is 0 Å². The maximum atomic E-state index is 11.3. The van der Waals surface area contributed by atoms with Crippen LogP contribution in [0.4, 0.5) is 5.82 Å². The van der Waals surface area contributed by atoms with Gasteiger partial charge in [0.25, 0.3) is 5.56 Å². The summed E-state index contributed by atoms with van der Waals surface area (Å²) in [6, 6.07) is 0. The number of hydrogen-bond donors (Lipinski definition) is 3. The number of unbranched alkanes of at least 4 members (excludes halogenated alkanes) is 7. The molecule has 0 amide bonds. The number of nitrogens with zero attached hydrogens (tertiary/aromatic N) is 1. The Kier molecular flexibility index (Phi) is 7.62. The van der Waals surface area contributed by atoms with Crippen molar-refractivity contribution in [3.8, 4) is 0 Å². The van der Waals surface area contributed by atoms with E-state index in [0.29, 0.717) is 6.54 Å². The number of rotatable bonds is 10. The smallest absolute Gasteiger partial charge is 0.342 e. The predicted molar refractivity (Wildman–Crippen MR) is 76.6 cm³/mol. The maximum absolute atomic E-state index is 11.3. The van der Waals surface area contributed by atoms with Crippen LogP contribution in [0, 0.1) is 0 Å². The Balaban J connectivity index is 2.05. The van der Waals surface area contributed by atoms with Gasteiger partial charge in [0.05, 0.1) is 0 Å². The highest BCUT2D eigenvalue weighted by Gasteiger charge is 2.00. The normalized spacial score (nSPS) is 10.6. The quantitative estimate of drug-likeness (QED) is 0.566. The van der Waals surface area contributed by atoms with E-state index in [4.69, 9.17) is 0 Å². The lowest BCUT2D eigenvalue weighted by Crippen LogP contribution is -2.27. The summed E-state index contributed by atoms with van der Waals surface area (Å²) >= 11 is 0. The molecular weight excluding hydrogens is 244 g/mol. The fourth-order valence-electron chi connectivity index (χ4n) is 1.93. The Morgan fingerprint density at radius 3 is 2.26 bits per heavy atom. The summed E-state index contributed by atoms with van der Waals surface area (Å²) in [6.45, 7) is 2.93. The Bertz CT molecular complexity index is 452. The standard InChI is InChI=1S/C13H24N4O2/c1-2-3-4-5-6-7-8-9-10-14-11-12(18)15-13(19)17-16-11/h2-10H2,1H3,(H,14,16)(H2,15,17,18,19). The van der Waals surface area contributed by atoms with Crippen molar-refractivity contribution in [2.75, 3.05) is 11.9 Å². The van der Waals surface area contributed by atoms with Crippen molar-refractivity contribution in [1.29, 1.82) is 0 Å². The fourth-order valence-corrected chi connectivity index (χ4v) is 1.93. The van der Waals surface area contributed by atoms with Crippen LogP contribution < -0.4 is 16.6 Å². The molecule has 0 fully saturated rings. The number of H-pyrrole nitrogens is 2. The van der Waals surface area contributed by atoms with Crippen LogP contribution >= 0.6 is 0 Å². The second-order valence-electron chi connectivity index (χ2n) is 4.76. The molecule has 0 bridgehead atoms. The Hall–Kier alpha value is -1.59.